The minimum Gasteiger partial charge on any atom is -0.492 e. The molecule has 17 heavy (non-hydrogen) atoms. The van der Waals surface area contributed by atoms with Gasteiger partial charge in [0, 0.05) is 24.7 Å². The van der Waals surface area contributed by atoms with Crippen molar-refractivity contribution >= 4 is 11.6 Å². The Bertz CT molecular complexity index is 404. The maximum atomic E-state index is 11.5. The highest BCUT2D eigenvalue weighted by molar-refractivity contribution is 5.92. The van der Waals surface area contributed by atoms with E-state index >= 15 is 0 Å². The second kappa shape index (κ2) is 5.68. The number of aryl methyl sites for hydroxylation is 1. The van der Waals surface area contributed by atoms with E-state index in [1.54, 1.807) is 0 Å². The van der Waals surface area contributed by atoms with Crippen LogP contribution >= 0.6 is 0 Å². The number of amides is 1. The maximum Gasteiger partial charge on any atom is 0.224 e. The lowest BCUT2D eigenvalue weighted by molar-refractivity contribution is -0.116. The number of anilines is 1. The third kappa shape index (κ3) is 3.20. The Morgan fingerprint density at radius 3 is 3.12 bits per heavy atom. The van der Waals surface area contributed by atoms with Crippen LogP contribution in [0, 0.1) is 0 Å². The molecule has 2 rings (SSSR count). The Balaban J connectivity index is 2.09. The van der Waals surface area contributed by atoms with Crippen LogP contribution in [0.4, 0.5) is 5.69 Å². The third-order valence-electron chi connectivity index (χ3n) is 2.83. The summed E-state index contributed by atoms with van der Waals surface area (Å²) in [5.41, 5.74) is 2.09. The van der Waals surface area contributed by atoms with E-state index in [9.17, 15) is 4.79 Å². The van der Waals surface area contributed by atoms with E-state index in [0.29, 0.717) is 13.0 Å². The standard InChI is InChI=1S/C13H18N2O2/c1-14-7-8-17-11-6-5-10-3-2-4-13(16)15-12(10)9-11/h5-6,9,14H,2-4,7-8H2,1H3,(H,15,16). The molecule has 0 unspecified atom stereocenters. The Labute approximate surface area is 101 Å². The average molecular weight is 234 g/mol. The number of carbonyl (C=O) groups is 1. The monoisotopic (exact) mass is 234 g/mol. The molecule has 0 fully saturated rings. The summed E-state index contributed by atoms with van der Waals surface area (Å²) in [5, 5.41) is 5.94. The summed E-state index contributed by atoms with van der Waals surface area (Å²) in [6.07, 6.45) is 2.47. The number of hydrogen-bond donors (Lipinski definition) is 2. The molecule has 92 valence electrons. The molecule has 0 radical (unpaired) electrons. The van der Waals surface area contributed by atoms with Gasteiger partial charge in [-0.05, 0) is 31.5 Å². The first-order valence-corrected chi connectivity index (χ1v) is 6.00. The number of benzene rings is 1. The van der Waals surface area contributed by atoms with Gasteiger partial charge in [-0.25, -0.2) is 0 Å². The van der Waals surface area contributed by atoms with E-state index in [1.165, 1.54) is 5.56 Å². The third-order valence-corrected chi connectivity index (χ3v) is 2.83. The van der Waals surface area contributed by atoms with Gasteiger partial charge in [0.05, 0.1) is 0 Å². The van der Waals surface area contributed by atoms with E-state index in [-0.39, 0.29) is 5.91 Å². The lowest BCUT2D eigenvalue weighted by atomic mass is 10.1. The van der Waals surface area contributed by atoms with Gasteiger partial charge < -0.3 is 15.4 Å². The molecule has 4 heteroatoms. The van der Waals surface area contributed by atoms with Gasteiger partial charge in [-0.2, -0.15) is 0 Å². The number of fused-ring (bicyclic) bond motifs is 1. The van der Waals surface area contributed by atoms with E-state index in [0.717, 1.165) is 30.8 Å². The quantitative estimate of drug-likeness (QED) is 0.777. The Kier molecular flexibility index (Phi) is 3.98. The predicted molar refractivity (Wildman–Crippen MR) is 67.4 cm³/mol. The second-order valence-electron chi connectivity index (χ2n) is 4.17. The molecular formula is C13H18N2O2. The highest BCUT2D eigenvalue weighted by Gasteiger charge is 2.13. The zero-order valence-corrected chi connectivity index (χ0v) is 10.1. The summed E-state index contributed by atoms with van der Waals surface area (Å²) >= 11 is 0. The van der Waals surface area contributed by atoms with Crippen LogP contribution in [0.15, 0.2) is 18.2 Å². The van der Waals surface area contributed by atoms with Crippen molar-refractivity contribution in [1.29, 1.82) is 0 Å². The molecule has 1 amide bonds. The van der Waals surface area contributed by atoms with Crippen molar-refractivity contribution < 1.29 is 9.53 Å². The van der Waals surface area contributed by atoms with Crippen LogP contribution in [0.3, 0.4) is 0 Å². The minimum absolute atomic E-state index is 0.0936. The summed E-state index contributed by atoms with van der Waals surface area (Å²) < 4.78 is 5.57. The van der Waals surface area contributed by atoms with Crippen LogP contribution in [0.25, 0.3) is 0 Å². The van der Waals surface area contributed by atoms with Crippen LogP contribution in [0.5, 0.6) is 5.75 Å². The SMILES string of the molecule is CNCCOc1ccc2c(c1)NC(=O)CCC2. The largest absolute Gasteiger partial charge is 0.492 e. The molecule has 0 spiro atoms. The molecule has 0 aromatic heterocycles. The highest BCUT2D eigenvalue weighted by Crippen LogP contribution is 2.26. The fourth-order valence-electron chi connectivity index (χ4n) is 1.90. The predicted octanol–water partition coefficient (Wildman–Crippen LogP) is 1.56. The van der Waals surface area contributed by atoms with Crippen LogP contribution in [-0.4, -0.2) is 26.1 Å². The highest BCUT2D eigenvalue weighted by atomic mass is 16.5. The van der Waals surface area contributed by atoms with Gasteiger partial charge >= 0.3 is 0 Å². The van der Waals surface area contributed by atoms with Crippen LogP contribution in [-0.2, 0) is 11.2 Å². The molecule has 4 nitrogen and oxygen atoms in total. The van der Waals surface area contributed by atoms with E-state index < -0.39 is 0 Å². The summed E-state index contributed by atoms with van der Waals surface area (Å²) in [5.74, 6) is 0.900. The van der Waals surface area contributed by atoms with Crippen LogP contribution < -0.4 is 15.4 Å². The van der Waals surface area contributed by atoms with Gasteiger partial charge in [0.1, 0.15) is 12.4 Å². The number of ether oxygens (including phenoxy) is 1. The first-order chi connectivity index (χ1) is 8.29. The molecule has 1 aromatic rings. The van der Waals surface area contributed by atoms with Gasteiger partial charge in [-0.15, -0.1) is 0 Å². The number of likely N-dealkylation sites (N-methyl/N-ethyl adjacent to an activating group) is 1. The smallest absolute Gasteiger partial charge is 0.224 e. The molecule has 1 aliphatic rings. The van der Waals surface area contributed by atoms with Gasteiger partial charge in [0.2, 0.25) is 5.91 Å². The molecule has 0 saturated heterocycles. The lowest BCUT2D eigenvalue weighted by Gasteiger charge is -2.10. The Hall–Kier alpha value is -1.55. The molecule has 0 aliphatic carbocycles. The van der Waals surface area contributed by atoms with Crippen molar-refractivity contribution in [3.05, 3.63) is 23.8 Å². The van der Waals surface area contributed by atoms with Crippen molar-refractivity contribution in [3.63, 3.8) is 0 Å². The van der Waals surface area contributed by atoms with Crippen molar-refractivity contribution in [3.8, 4) is 5.75 Å². The van der Waals surface area contributed by atoms with Gasteiger partial charge in [-0.1, -0.05) is 6.07 Å². The number of nitrogens with one attached hydrogen (secondary N) is 2. The molecule has 2 N–H and O–H groups in total. The number of rotatable bonds is 4. The van der Waals surface area contributed by atoms with Crippen LogP contribution in [0.1, 0.15) is 18.4 Å². The van der Waals surface area contributed by atoms with E-state index in [4.69, 9.17) is 4.74 Å². The lowest BCUT2D eigenvalue weighted by Crippen LogP contribution is -2.16. The zero-order valence-electron chi connectivity index (χ0n) is 10.1. The zero-order chi connectivity index (χ0) is 12.1. The van der Waals surface area contributed by atoms with Crippen molar-refractivity contribution in [2.24, 2.45) is 0 Å². The second-order valence-corrected chi connectivity index (χ2v) is 4.17. The minimum atomic E-state index is 0.0936. The molecule has 0 atom stereocenters. The summed E-state index contributed by atoms with van der Waals surface area (Å²) in [7, 11) is 1.89. The Morgan fingerprint density at radius 2 is 2.29 bits per heavy atom. The molecular weight excluding hydrogens is 216 g/mol. The van der Waals surface area contributed by atoms with E-state index in [2.05, 4.69) is 10.6 Å². The van der Waals surface area contributed by atoms with Gasteiger partial charge in [0.15, 0.2) is 0 Å². The van der Waals surface area contributed by atoms with Crippen molar-refractivity contribution in [2.75, 3.05) is 25.5 Å². The number of carbonyl (C=O) groups excluding carboxylic acids is 1. The van der Waals surface area contributed by atoms with Crippen LogP contribution in [0.2, 0.25) is 0 Å². The normalized spacial score (nSPS) is 14.8. The fraction of sp³-hybridized carbons (Fsp3) is 0.462. The van der Waals surface area contributed by atoms with E-state index in [1.807, 2.05) is 25.2 Å². The first-order valence-electron chi connectivity index (χ1n) is 6.00. The average Bonchev–Trinajstić information content (AvgIpc) is 2.49. The molecule has 1 heterocycles. The molecule has 0 saturated carbocycles. The topological polar surface area (TPSA) is 50.4 Å². The van der Waals surface area contributed by atoms with Gasteiger partial charge in [0.25, 0.3) is 0 Å². The molecule has 0 bridgehead atoms. The maximum absolute atomic E-state index is 11.5. The Morgan fingerprint density at radius 1 is 1.41 bits per heavy atom. The van der Waals surface area contributed by atoms with Crippen molar-refractivity contribution in [2.45, 2.75) is 19.3 Å². The molecule has 1 aliphatic heterocycles. The van der Waals surface area contributed by atoms with Crippen molar-refractivity contribution in [1.82, 2.24) is 5.32 Å². The summed E-state index contributed by atoms with van der Waals surface area (Å²) in [6.45, 7) is 1.44. The first kappa shape index (κ1) is 11.9. The molecule has 1 aromatic carbocycles. The number of hydrogen-bond acceptors (Lipinski definition) is 3. The fourth-order valence-corrected chi connectivity index (χ4v) is 1.90. The van der Waals surface area contributed by atoms with Gasteiger partial charge in [-0.3, -0.25) is 4.79 Å². The summed E-state index contributed by atoms with van der Waals surface area (Å²) in [4.78, 5) is 11.5. The summed E-state index contributed by atoms with van der Waals surface area (Å²) in [6, 6.07) is 5.91.